The van der Waals surface area contributed by atoms with Crippen LogP contribution in [0.4, 0.5) is 5.69 Å². The first-order chi connectivity index (χ1) is 11.3. The van der Waals surface area contributed by atoms with E-state index in [4.69, 9.17) is 12.2 Å². The maximum absolute atomic E-state index is 5.78. The summed E-state index contributed by atoms with van der Waals surface area (Å²) in [5.74, 6) is 0. The van der Waals surface area contributed by atoms with Crippen molar-refractivity contribution in [3.8, 4) is 0 Å². The Kier molecular flexibility index (Phi) is 4.91. The van der Waals surface area contributed by atoms with Gasteiger partial charge in [-0.1, -0.05) is 49.3 Å². The van der Waals surface area contributed by atoms with Crippen LogP contribution in [0.1, 0.15) is 31.2 Å². The Labute approximate surface area is 143 Å². The third-order valence-corrected chi connectivity index (χ3v) is 5.40. The van der Waals surface area contributed by atoms with Gasteiger partial charge in [0.2, 0.25) is 0 Å². The Morgan fingerprint density at radius 3 is 2.70 bits per heavy atom. The average Bonchev–Trinajstić information content (AvgIpc) is 2.63. The summed E-state index contributed by atoms with van der Waals surface area (Å²) in [6, 6.07) is 14.8. The summed E-state index contributed by atoms with van der Waals surface area (Å²) in [6.45, 7) is 0. The van der Waals surface area contributed by atoms with E-state index >= 15 is 0 Å². The molecule has 3 rings (SSSR count). The third kappa shape index (κ3) is 3.08. The molecule has 0 aliphatic heterocycles. The van der Waals surface area contributed by atoms with Gasteiger partial charge in [0, 0.05) is 31.2 Å². The van der Waals surface area contributed by atoms with Gasteiger partial charge in [-0.05, 0) is 36.6 Å². The lowest BCUT2D eigenvalue weighted by Gasteiger charge is -2.45. The third-order valence-electron chi connectivity index (χ3n) is 4.83. The SMILES string of the molecule is CNC(=S)[C@]1(c2cccnc2)CCCC[C@H]1Nc1ccccc1. The molecule has 0 amide bonds. The molecule has 0 bridgehead atoms. The number of rotatable bonds is 4. The molecule has 1 fully saturated rings. The molecule has 23 heavy (non-hydrogen) atoms. The minimum Gasteiger partial charge on any atom is -0.382 e. The molecule has 2 N–H and O–H groups in total. The second-order valence-corrected chi connectivity index (χ2v) is 6.51. The summed E-state index contributed by atoms with van der Waals surface area (Å²) < 4.78 is 0. The monoisotopic (exact) mass is 325 g/mol. The highest BCUT2D eigenvalue weighted by Crippen LogP contribution is 2.41. The largest absolute Gasteiger partial charge is 0.382 e. The van der Waals surface area contributed by atoms with Gasteiger partial charge < -0.3 is 10.6 Å². The molecule has 3 nitrogen and oxygen atoms in total. The molecule has 0 radical (unpaired) electrons. The molecule has 4 heteroatoms. The van der Waals surface area contributed by atoms with Gasteiger partial charge in [-0.2, -0.15) is 0 Å². The molecule has 1 aliphatic rings. The van der Waals surface area contributed by atoms with E-state index in [9.17, 15) is 0 Å². The molecular weight excluding hydrogens is 302 g/mol. The number of aromatic nitrogens is 1. The van der Waals surface area contributed by atoms with Crippen LogP contribution in [-0.2, 0) is 5.41 Å². The van der Waals surface area contributed by atoms with Crippen LogP contribution < -0.4 is 10.6 Å². The molecule has 1 aliphatic carbocycles. The van der Waals surface area contributed by atoms with Crippen molar-refractivity contribution in [2.45, 2.75) is 37.1 Å². The number of likely N-dealkylation sites (N-methyl/N-ethyl adjacent to an activating group) is 1. The van der Waals surface area contributed by atoms with Gasteiger partial charge in [-0.25, -0.2) is 0 Å². The first kappa shape index (κ1) is 15.9. The maximum Gasteiger partial charge on any atom is 0.0879 e. The Morgan fingerprint density at radius 1 is 1.17 bits per heavy atom. The second-order valence-electron chi connectivity index (χ2n) is 6.10. The van der Waals surface area contributed by atoms with Gasteiger partial charge in [0.25, 0.3) is 0 Å². The molecule has 0 unspecified atom stereocenters. The van der Waals surface area contributed by atoms with Gasteiger partial charge in [0.05, 0.1) is 10.4 Å². The highest BCUT2D eigenvalue weighted by molar-refractivity contribution is 7.80. The lowest BCUT2D eigenvalue weighted by Crippen LogP contribution is -2.55. The van der Waals surface area contributed by atoms with Crippen molar-refractivity contribution < 1.29 is 0 Å². The maximum atomic E-state index is 5.78. The summed E-state index contributed by atoms with van der Waals surface area (Å²) >= 11 is 5.78. The van der Waals surface area contributed by atoms with E-state index in [1.54, 1.807) is 0 Å². The van der Waals surface area contributed by atoms with E-state index in [1.807, 2.05) is 31.6 Å². The van der Waals surface area contributed by atoms with Gasteiger partial charge in [0.15, 0.2) is 0 Å². The number of nitrogens with one attached hydrogen (secondary N) is 2. The lowest BCUT2D eigenvalue weighted by atomic mass is 9.66. The number of nitrogens with zero attached hydrogens (tertiary/aromatic N) is 1. The Hall–Kier alpha value is -1.94. The molecular formula is C19H23N3S. The highest BCUT2D eigenvalue weighted by Gasteiger charge is 2.45. The Bertz CT molecular complexity index is 644. The topological polar surface area (TPSA) is 37.0 Å². The lowest BCUT2D eigenvalue weighted by molar-refractivity contribution is 0.343. The zero-order valence-corrected chi connectivity index (χ0v) is 14.3. The van der Waals surface area contributed by atoms with Crippen molar-refractivity contribution in [2.75, 3.05) is 12.4 Å². The zero-order chi connectivity index (χ0) is 16.1. The van der Waals surface area contributed by atoms with Crippen LogP contribution in [0.15, 0.2) is 54.9 Å². The fourth-order valence-corrected chi connectivity index (χ4v) is 4.06. The summed E-state index contributed by atoms with van der Waals surface area (Å²) in [5.41, 5.74) is 2.14. The van der Waals surface area contributed by atoms with Crippen LogP contribution >= 0.6 is 12.2 Å². The van der Waals surface area contributed by atoms with E-state index in [0.29, 0.717) is 0 Å². The minimum atomic E-state index is -0.202. The molecule has 0 saturated heterocycles. The average molecular weight is 325 g/mol. The van der Waals surface area contributed by atoms with E-state index in [-0.39, 0.29) is 11.5 Å². The zero-order valence-electron chi connectivity index (χ0n) is 13.5. The van der Waals surface area contributed by atoms with Gasteiger partial charge in [-0.3, -0.25) is 4.98 Å². The van der Waals surface area contributed by atoms with Crippen molar-refractivity contribution in [1.29, 1.82) is 0 Å². The standard InChI is InChI=1S/C19H23N3S/c1-20-18(23)19(15-8-7-13-21-14-15)12-6-5-11-17(19)22-16-9-3-2-4-10-16/h2-4,7-10,13-14,17,22H,5-6,11-12H2,1H3,(H,20,23)/t17-,19+/m1/s1. The fourth-order valence-electron chi connectivity index (χ4n) is 3.70. The number of para-hydroxylation sites is 1. The molecule has 2 aromatic rings. The summed E-state index contributed by atoms with van der Waals surface area (Å²) in [5, 5.41) is 6.98. The Morgan fingerprint density at radius 2 is 2.00 bits per heavy atom. The number of benzene rings is 1. The van der Waals surface area contributed by atoms with Crippen LogP contribution in [-0.4, -0.2) is 23.1 Å². The molecule has 1 aromatic heterocycles. The number of anilines is 1. The predicted molar refractivity (Wildman–Crippen MR) is 99.9 cm³/mol. The predicted octanol–water partition coefficient (Wildman–Crippen LogP) is 3.92. The number of hydrogen-bond acceptors (Lipinski definition) is 3. The molecule has 0 spiro atoms. The summed E-state index contributed by atoms with van der Waals surface area (Å²) in [7, 11) is 1.93. The fraction of sp³-hybridized carbons (Fsp3) is 0.368. The van der Waals surface area contributed by atoms with Crippen LogP contribution in [0.3, 0.4) is 0 Å². The van der Waals surface area contributed by atoms with Crippen LogP contribution in [0.2, 0.25) is 0 Å². The van der Waals surface area contributed by atoms with Crippen molar-refractivity contribution in [3.05, 3.63) is 60.4 Å². The number of pyridine rings is 1. The molecule has 2 atom stereocenters. The first-order valence-corrected chi connectivity index (χ1v) is 8.62. The van der Waals surface area contributed by atoms with E-state index < -0.39 is 0 Å². The first-order valence-electron chi connectivity index (χ1n) is 8.21. The normalized spacial score (nSPS) is 24.0. The summed E-state index contributed by atoms with van der Waals surface area (Å²) in [6.07, 6.45) is 8.34. The van der Waals surface area contributed by atoms with Crippen molar-refractivity contribution >= 4 is 22.9 Å². The van der Waals surface area contributed by atoms with Gasteiger partial charge >= 0.3 is 0 Å². The molecule has 120 valence electrons. The Balaban J connectivity index is 2.02. The van der Waals surface area contributed by atoms with E-state index in [1.165, 1.54) is 18.4 Å². The molecule has 1 aromatic carbocycles. The van der Waals surface area contributed by atoms with Crippen molar-refractivity contribution in [3.63, 3.8) is 0 Å². The quantitative estimate of drug-likeness (QED) is 0.836. The van der Waals surface area contributed by atoms with Crippen molar-refractivity contribution in [1.82, 2.24) is 10.3 Å². The van der Waals surface area contributed by atoms with Crippen LogP contribution in [0, 0.1) is 0 Å². The van der Waals surface area contributed by atoms with Crippen LogP contribution in [0.5, 0.6) is 0 Å². The molecule has 1 heterocycles. The smallest absolute Gasteiger partial charge is 0.0879 e. The van der Waals surface area contributed by atoms with Crippen molar-refractivity contribution in [2.24, 2.45) is 0 Å². The number of thiocarbonyl (C=S) groups is 1. The van der Waals surface area contributed by atoms with Gasteiger partial charge in [0.1, 0.15) is 0 Å². The van der Waals surface area contributed by atoms with Gasteiger partial charge in [-0.15, -0.1) is 0 Å². The van der Waals surface area contributed by atoms with E-state index in [2.05, 4.69) is 45.9 Å². The molecule has 1 saturated carbocycles. The minimum absolute atomic E-state index is 0.202. The van der Waals surface area contributed by atoms with Crippen LogP contribution in [0.25, 0.3) is 0 Å². The van der Waals surface area contributed by atoms with E-state index in [0.717, 1.165) is 23.5 Å². The number of hydrogen-bond donors (Lipinski definition) is 2. The second kappa shape index (κ2) is 7.09. The highest BCUT2D eigenvalue weighted by atomic mass is 32.1. The summed E-state index contributed by atoms with van der Waals surface area (Å²) in [4.78, 5) is 5.25.